The molecule has 24 heavy (non-hydrogen) atoms. The van der Waals surface area contributed by atoms with Gasteiger partial charge in [0.1, 0.15) is 11.5 Å². The maximum Gasteiger partial charge on any atom is 0.272 e. The summed E-state index contributed by atoms with van der Waals surface area (Å²) in [7, 11) is 1.45. The van der Waals surface area contributed by atoms with Crippen molar-refractivity contribution in [2.75, 3.05) is 11.4 Å². The number of aryl methyl sites for hydroxylation is 1. The van der Waals surface area contributed by atoms with Gasteiger partial charge in [0.15, 0.2) is 0 Å². The van der Waals surface area contributed by atoms with E-state index in [4.69, 9.17) is 0 Å². The number of hydrogen-bond acceptors (Lipinski definition) is 4. The van der Waals surface area contributed by atoms with Gasteiger partial charge in [-0.25, -0.2) is 9.07 Å². The molecular weight excluding hydrogens is 315 g/mol. The summed E-state index contributed by atoms with van der Waals surface area (Å²) in [6.07, 6.45) is 0.148. The van der Waals surface area contributed by atoms with Crippen molar-refractivity contribution in [3.63, 3.8) is 0 Å². The molecule has 0 saturated carbocycles. The molecule has 0 spiro atoms. The summed E-state index contributed by atoms with van der Waals surface area (Å²) in [5.41, 5.74) is 0.369. The van der Waals surface area contributed by atoms with Gasteiger partial charge in [0.25, 0.3) is 11.5 Å². The summed E-state index contributed by atoms with van der Waals surface area (Å²) in [6.45, 7) is 0.294. The lowest BCUT2D eigenvalue weighted by Gasteiger charge is -2.17. The fourth-order valence-corrected chi connectivity index (χ4v) is 2.56. The Hall–Kier alpha value is -3.03. The molecule has 8 heteroatoms. The van der Waals surface area contributed by atoms with Crippen LogP contribution in [0, 0.1) is 5.82 Å². The molecular formula is C16H15FN4O3. The number of benzene rings is 1. The SMILES string of the molecule is Cn1nc(C(=O)N[C@H]2CC(=O)N(c3ccc(F)cc3)C2)ccc1=O. The van der Waals surface area contributed by atoms with Crippen molar-refractivity contribution in [3.8, 4) is 0 Å². The van der Waals surface area contributed by atoms with E-state index >= 15 is 0 Å². The quantitative estimate of drug-likeness (QED) is 0.886. The first-order valence-electron chi connectivity index (χ1n) is 7.35. The third-order valence-electron chi connectivity index (χ3n) is 3.79. The first-order valence-corrected chi connectivity index (χ1v) is 7.35. The molecule has 7 nitrogen and oxygen atoms in total. The second-order valence-electron chi connectivity index (χ2n) is 5.54. The topological polar surface area (TPSA) is 84.3 Å². The minimum Gasteiger partial charge on any atom is -0.346 e. The fourth-order valence-electron chi connectivity index (χ4n) is 2.56. The predicted octanol–water partition coefficient (Wildman–Crippen LogP) is 0.455. The molecule has 0 aliphatic carbocycles. The summed E-state index contributed by atoms with van der Waals surface area (Å²) >= 11 is 0. The lowest BCUT2D eigenvalue weighted by Crippen LogP contribution is -2.38. The molecule has 2 heterocycles. The Bertz CT molecular complexity index is 847. The molecule has 1 fully saturated rings. The molecule has 1 aliphatic heterocycles. The predicted molar refractivity (Wildman–Crippen MR) is 84.1 cm³/mol. The smallest absolute Gasteiger partial charge is 0.272 e. The van der Waals surface area contributed by atoms with Gasteiger partial charge in [-0.2, -0.15) is 5.10 Å². The van der Waals surface area contributed by atoms with Gasteiger partial charge in [-0.15, -0.1) is 0 Å². The zero-order valence-electron chi connectivity index (χ0n) is 12.9. The van der Waals surface area contributed by atoms with Crippen LogP contribution in [0.4, 0.5) is 10.1 Å². The van der Waals surface area contributed by atoms with Crippen LogP contribution < -0.4 is 15.8 Å². The maximum absolute atomic E-state index is 13.0. The monoisotopic (exact) mass is 330 g/mol. The molecule has 1 aliphatic rings. The van der Waals surface area contributed by atoms with Crippen molar-refractivity contribution in [1.29, 1.82) is 0 Å². The number of nitrogens with zero attached hydrogens (tertiary/aromatic N) is 3. The Balaban J connectivity index is 1.69. The highest BCUT2D eigenvalue weighted by molar-refractivity contribution is 5.98. The van der Waals surface area contributed by atoms with Gasteiger partial charge in [-0.05, 0) is 30.3 Å². The van der Waals surface area contributed by atoms with Gasteiger partial charge in [-0.3, -0.25) is 14.4 Å². The van der Waals surface area contributed by atoms with E-state index in [-0.39, 0.29) is 35.4 Å². The first kappa shape index (κ1) is 15.9. The third-order valence-corrected chi connectivity index (χ3v) is 3.79. The van der Waals surface area contributed by atoms with Gasteiger partial charge in [0.2, 0.25) is 5.91 Å². The largest absolute Gasteiger partial charge is 0.346 e. The number of aromatic nitrogens is 2. The zero-order valence-corrected chi connectivity index (χ0v) is 12.9. The van der Waals surface area contributed by atoms with Crippen molar-refractivity contribution in [2.24, 2.45) is 7.05 Å². The molecule has 0 radical (unpaired) electrons. The van der Waals surface area contributed by atoms with Crippen LogP contribution in [0.3, 0.4) is 0 Å². The van der Waals surface area contributed by atoms with E-state index < -0.39 is 5.91 Å². The maximum atomic E-state index is 13.0. The van der Waals surface area contributed by atoms with Gasteiger partial charge in [-0.1, -0.05) is 0 Å². The van der Waals surface area contributed by atoms with Crippen LogP contribution in [0.15, 0.2) is 41.2 Å². The van der Waals surface area contributed by atoms with E-state index in [0.717, 1.165) is 4.68 Å². The van der Waals surface area contributed by atoms with Crippen LogP contribution in [0.1, 0.15) is 16.9 Å². The van der Waals surface area contributed by atoms with E-state index in [9.17, 15) is 18.8 Å². The van der Waals surface area contributed by atoms with Crippen LogP contribution in [-0.2, 0) is 11.8 Å². The highest BCUT2D eigenvalue weighted by atomic mass is 19.1. The van der Waals surface area contributed by atoms with Gasteiger partial charge in [0.05, 0.1) is 6.04 Å². The Kier molecular flexibility index (Phi) is 4.11. The molecule has 1 aromatic carbocycles. The number of rotatable bonds is 3. The second kappa shape index (κ2) is 6.23. The number of nitrogens with one attached hydrogen (secondary N) is 1. The van der Waals surface area contributed by atoms with Crippen LogP contribution in [-0.4, -0.2) is 34.2 Å². The molecule has 2 aromatic rings. The number of amides is 2. The van der Waals surface area contributed by atoms with Crippen LogP contribution in [0.5, 0.6) is 0 Å². The van der Waals surface area contributed by atoms with E-state index in [1.165, 1.54) is 48.3 Å². The third kappa shape index (κ3) is 3.17. The average Bonchev–Trinajstić information content (AvgIpc) is 2.91. The van der Waals surface area contributed by atoms with Gasteiger partial charge in [0, 0.05) is 31.8 Å². The van der Waals surface area contributed by atoms with Crippen molar-refractivity contribution in [2.45, 2.75) is 12.5 Å². The lowest BCUT2D eigenvalue weighted by molar-refractivity contribution is -0.117. The number of hydrogen-bond donors (Lipinski definition) is 1. The summed E-state index contributed by atoms with van der Waals surface area (Å²) < 4.78 is 14.0. The second-order valence-corrected chi connectivity index (χ2v) is 5.54. The Morgan fingerprint density at radius 1 is 1.21 bits per heavy atom. The number of carbonyl (C=O) groups excluding carboxylic acids is 2. The van der Waals surface area contributed by atoms with E-state index in [1.807, 2.05) is 0 Å². The molecule has 1 aromatic heterocycles. The minimum absolute atomic E-state index is 0.102. The molecule has 1 atom stereocenters. The lowest BCUT2D eigenvalue weighted by atomic mass is 10.2. The molecule has 0 unspecified atom stereocenters. The molecule has 1 N–H and O–H groups in total. The van der Waals surface area contributed by atoms with Gasteiger partial charge < -0.3 is 10.2 Å². The Morgan fingerprint density at radius 3 is 2.58 bits per heavy atom. The van der Waals surface area contributed by atoms with Crippen LogP contribution >= 0.6 is 0 Å². The van der Waals surface area contributed by atoms with Crippen LogP contribution in [0.2, 0.25) is 0 Å². The molecule has 3 rings (SSSR count). The molecule has 2 amide bonds. The van der Waals surface area contributed by atoms with Crippen LogP contribution in [0.25, 0.3) is 0 Å². The fraction of sp³-hybridized carbons (Fsp3) is 0.250. The van der Waals surface area contributed by atoms with Crippen molar-refractivity contribution < 1.29 is 14.0 Å². The van der Waals surface area contributed by atoms with Crippen molar-refractivity contribution >= 4 is 17.5 Å². The highest BCUT2D eigenvalue weighted by Gasteiger charge is 2.32. The number of halogens is 1. The molecule has 0 bridgehead atoms. The highest BCUT2D eigenvalue weighted by Crippen LogP contribution is 2.21. The normalized spacial score (nSPS) is 17.2. The summed E-state index contributed by atoms with van der Waals surface area (Å²) in [4.78, 5) is 37.1. The number of anilines is 1. The zero-order chi connectivity index (χ0) is 17.3. The van der Waals surface area contributed by atoms with Crippen molar-refractivity contribution in [1.82, 2.24) is 15.1 Å². The summed E-state index contributed by atoms with van der Waals surface area (Å²) in [5.74, 6) is -0.985. The standard InChI is InChI=1S/C16H15FN4O3/c1-20-14(22)7-6-13(19-20)16(24)18-11-8-15(23)21(9-11)12-4-2-10(17)3-5-12/h2-7,11H,8-9H2,1H3,(H,18,24)/t11-/m0/s1. The summed E-state index contributed by atoms with van der Waals surface area (Å²) in [6, 6.07) is 7.82. The van der Waals surface area contributed by atoms with E-state index in [1.54, 1.807) is 0 Å². The number of carbonyl (C=O) groups is 2. The first-order chi connectivity index (χ1) is 11.4. The molecule has 124 valence electrons. The van der Waals surface area contributed by atoms with Crippen molar-refractivity contribution in [3.05, 3.63) is 58.3 Å². The van der Waals surface area contributed by atoms with E-state index in [2.05, 4.69) is 10.4 Å². The summed E-state index contributed by atoms with van der Waals surface area (Å²) in [5, 5.41) is 6.60. The Labute approximate surface area is 136 Å². The minimum atomic E-state index is -0.454. The Morgan fingerprint density at radius 2 is 1.92 bits per heavy atom. The van der Waals surface area contributed by atoms with Gasteiger partial charge >= 0.3 is 0 Å². The average molecular weight is 330 g/mol. The van der Waals surface area contributed by atoms with E-state index in [0.29, 0.717) is 12.2 Å². The molecule has 1 saturated heterocycles.